The first-order valence-corrected chi connectivity index (χ1v) is 16.5. The number of aliphatic hydroxyl groups excluding tert-OH is 1. The molecule has 1 aromatic heterocycles. The average molecular weight is 611 g/mol. The lowest BCUT2D eigenvalue weighted by Gasteiger charge is -2.39. The summed E-state index contributed by atoms with van der Waals surface area (Å²) in [6.07, 6.45) is 4.53. The maximum Gasteiger partial charge on any atom is 0.338 e. The van der Waals surface area contributed by atoms with Crippen molar-refractivity contribution in [1.29, 1.82) is 0 Å². The van der Waals surface area contributed by atoms with E-state index in [-0.39, 0.29) is 22.8 Å². The number of carbonyl (C=O) groups is 1. The zero-order valence-corrected chi connectivity index (χ0v) is 25.9. The van der Waals surface area contributed by atoms with E-state index in [9.17, 15) is 18.3 Å². The molecule has 5 rings (SSSR count). The summed E-state index contributed by atoms with van der Waals surface area (Å²) in [6.45, 7) is 1.91. The molecule has 4 aromatic rings. The molecule has 0 aliphatic carbocycles. The number of hydrogen-bond donors (Lipinski definition) is 2. The Morgan fingerprint density at radius 1 is 0.886 bits per heavy atom. The molecule has 0 amide bonds. The Morgan fingerprint density at radius 2 is 1.43 bits per heavy atom. The predicted octanol–water partition coefficient (Wildman–Crippen LogP) is 6.91. The molecular formula is C36H38N2O5S. The second-order valence-electron chi connectivity index (χ2n) is 11.2. The molecule has 2 N–H and O–H groups in total. The van der Waals surface area contributed by atoms with Crippen molar-refractivity contribution in [3.63, 3.8) is 0 Å². The molecule has 1 unspecified atom stereocenters. The SMILES string of the molecule is CCC(C1=C(O)CC(CCc2ccccc2)(CCc2ccccc2)OC1=O)c1ccnc(S(=O)(=O)NC)c1-c1ccccc1. The highest BCUT2D eigenvalue weighted by Gasteiger charge is 2.44. The summed E-state index contributed by atoms with van der Waals surface area (Å²) in [6, 6.07) is 30.9. The van der Waals surface area contributed by atoms with Crippen LogP contribution in [-0.4, -0.2) is 37.1 Å². The number of nitrogens with zero attached hydrogens (tertiary/aromatic N) is 1. The highest BCUT2D eigenvalue weighted by molar-refractivity contribution is 7.89. The molecule has 1 atom stereocenters. The molecule has 3 aromatic carbocycles. The van der Waals surface area contributed by atoms with Crippen molar-refractivity contribution < 1.29 is 23.1 Å². The van der Waals surface area contributed by atoms with Crippen LogP contribution < -0.4 is 4.72 Å². The summed E-state index contributed by atoms with van der Waals surface area (Å²) >= 11 is 0. The van der Waals surface area contributed by atoms with Crippen molar-refractivity contribution in [3.05, 3.63) is 131 Å². The first-order chi connectivity index (χ1) is 21.3. The summed E-state index contributed by atoms with van der Waals surface area (Å²) in [5.74, 6) is -1.20. The minimum absolute atomic E-state index is 0.0110. The predicted molar refractivity (Wildman–Crippen MR) is 172 cm³/mol. The lowest BCUT2D eigenvalue weighted by atomic mass is 9.78. The molecule has 2 heterocycles. The first-order valence-electron chi connectivity index (χ1n) is 15.0. The van der Waals surface area contributed by atoms with Crippen molar-refractivity contribution in [3.8, 4) is 11.1 Å². The van der Waals surface area contributed by atoms with Gasteiger partial charge in [0, 0.05) is 24.1 Å². The van der Waals surface area contributed by atoms with Crippen molar-refractivity contribution in [2.75, 3.05) is 7.05 Å². The summed E-state index contributed by atoms with van der Waals surface area (Å²) < 4.78 is 34.9. The Kier molecular flexibility index (Phi) is 9.61. The van der Waals surface area contributed by atoms with Crippen LogP contribution in [0.2, 0.25) is 0 Å². The van der Waals surface area contributed by atoms with Gasteiger partial charge in [0.05, 0.1) is 5.57 Å². The lowest BCUT2D eigenvalue weighted by molar-refractivity contribution is -0.161. The minimum Gasteiger partial charge on any atom is -0.512 e. The molecule has 0 spiro atoms. The van der Waals surface area contributed by atoms with Gasteiger partial charge in [-0.25, -0.2) is 22.9 Å². The molecule has 228 valence electrons. The van der Waals surface area contributed by atoms with Gasteiger partial charge in [-0.1, -0.05) is 97.9 Å². The minimum atomic E-state index is -3.94. The number of nitrogens with one attached hydrogen (secondary N) is 1. The smallest absolute Gasteiger partial charge is 0.338 e. The number of hydrogen-bond acceptors (Lipinski definition) is 6. The molecule has 1 aliphatic heterocycles. The van der Waals surface area contributed by atoms with Gasteiger partial charge in [0.15, 0.2) is 5.03 Å². The van der Waals surface area contributed by atoms with Crippen LogP contribution in [0.4, 0.5) is 0 Å². The standard InChI is InChI=1S/C36H38N2O5S/c1-3-29(30-21-24-38-34(44(41,42)37-2)32(30)28-17-11-6-12-18-28)33-31(39)25-36(43-35(33)40,22-19-26-13-7-4-8-14-26)23-20-27-15-9-5-10-16-27/h4-18,21,24,29,37,39H,3,19-20,22-23,25H2,1-2H3. The Bertz CT molecular complexity index is 1680. The number of cyclic esters (lactones) is 1. The van der Waals surface area contributed by atoms with Crippen LogP contribution >= 0.6 is 0 Å². The summed E-state index contributed by atoms with van der Waals surface area (Å²) in [5, 5.41) is 11.6. The Morgan fingerprint density at radius 3 is 1.93 bits per heavy atom. The van der Waals surface area contributed by atoms with Gasteiger partial charge in [0.1, 0.15) is 11.4 Å². The number of ether oxygens (including phenoxy) is 1. The number of sulfonamides is 1. The zero-order chi connectivity index (χ0) is 31.2. The number of pyridine rings is 1. The van der Waals surface area contributed by atoms with E-state index in [1.807, 2.05) is 73.7 Å². The number of rotatable bonds is 12. The fraction of sp³-hybridized carbons (Fsp3) is 0.278. The highest BCUT2D eigenvalue weighted by Crippen LogP contribution is 2.44. The Labute approximate surface area is 259 Å². The van der Waals surface area contributed by atoms with E-state index in [2.05, 4.69) is 34.0 Å². The van der Waals surface area contributed by atoms with E-state index in [0.717, 1.165) is 11.1 Å². The van der Waals surface area contributed by atoms with Gasteiger partial charge >= 0.3 is 5.97 Å². The van der Waals surface area contributed by atoms with E-state index in [1.165, 1.54) is 13.2 Å². The largest absolute Gasteiger partial charge is 0.512 e. The van der Waals surface area contributed by atoms with E-state index in [4.69, 9.17) is 4.74 Å². The summed E-state index contributed by atoms with van der Waals surface area (Å²) in [4.78, 5) is 18.3. The molecule has 0 fully saturated rings. The summed E-state index contributed by atoms with van der Waals surface area (Å²) in [7, 11) is -2.60. The van der Waals surface area contributed by atoms with E-state index in [0.29, 0.717) is 48.8 Å². The fourth-order valence-electron chi connectivity index (χ4n) is 6.11. The van der Waals surface area contributed by atoms with Crippen LogP contribution in [-0.2, 0) is 32.4 Å². The molecule has 44 heavy (non-hydrogen) atoms. The number of carbonyl (C=O) groups excluding carboxylic acids is 1. The Balaban J connectivity index is 1.56. The van der Waals surface area contributed by atoms with Crippen molar-refractivity contribution in [2.24, 2.45) is 0 Å². The molecule has 0 radical (unpaired) electrons. The van der Waals surface area contributed by atoms with Crippen LogP contribution in [0, 0.1) is 0 Å². The average Bonchev–Trinajstić information content (AvgIpc) is 3.05. The zero-order valence-electron chi connectivity index (χ0n) is 25.1. The van der Waals surface area contributed by atoms with Crippen LogP contribution in [0.1, 0.15) is 55.2 Å². The van der Waals surface area contributed by atoms with Crippen LogP contribution in [0.3, 0.4) is 0 Å². The quantitative estimate of drug-likeness (QED) is 0.169. The number of aryl methyl sites for hydroxylation is 2. The highest BCUT2D eigenvalue weighted by atomic mass is 32.2. The van der Waals surface area contributed by atoms with Gasteiger partial charge < -0.3 is 9.84 Å². The van der Waals surface area contributed by atoms with Crippen LogP contribution in [0.15, 0.2) is 120 Å². The van der Waals surface area contributed by atoms with Crippen molar-refractivity contribution in [1.82, 2.24) is 9.71 Å². The van der Waals surface area contributed by atoms with Gasteiger partial charge in [-0.2, -0.15) is 0 Å². The second kappa shape index (κ2) is 13.6. The molecule has 0 saturated carbocycles. The first kappa shape index (κ1) is 31.2. The van der Waals surface area contributed by atoms with Crippen molar-refractivity contribution in [2.45, 2.75) is 62.0 Å². The number of benzene rings is 3. The van der Waals surface area contributed by atoms with Gasteiger partial charge in [0.25, 0.3) is 10.0 Å². The van der Waals surface area contributed by atoms with Crippen LogP contribution in [0.5, 0.6) is 0 Å². The van der Waals surface area contributed by atoms with Gasteiger partial charge in [-0.05, 0) is 67.5 Å². The van der Waals surface area contributed by atoms with Gasteiger partial charge in [0.2, 0.25) is 0 Å². The topological polar surface area (TPSA) is 106 Å². The molecule has 8 heteroatoms. The van der Waals surface area contributed by atoms with Gasteiger partial charge in [-0.3, -0.25) is 0 Å². The number of esters is 1. The maximum absolute atomic E-state index is 14.0. The lowest BCUT2D eigenvalue weighted by Crippen LogP contribution is -2.42. The molecular weight excluding hydrogens is 572 g/mol. The van der Waals surface area contributed by atoms with Crippen molar-refractivity contribution >= 4 is 16.0 Å². The third-order valence-electron chi connectivity index (χ3n) is 8.42. The monoisotopic (exact) mass is 610 g/mol. The van der Waals surface area contributed by atoms with E-state index < -0.39 is 27.5 Å². The third kappa shape index (κ3) is 6.77. The second-order valence-corrected chi connectivity index (χ2v) is 13.0. The summed E-state index contributed by atoms with van der Waals surface area (Å²) in [5.41, 5.74) is 3.16. The van der Waals surface area contributed by atoms with E-state index in [1.54, 1.807) is 6.07 Å². The maximum atomic E-state index is 14.0. The molecule has 7 nitrogen and oxygen atoms in total. The van der Waals surface area contributed by atoms with Gasteiger partial charge in [-0.15, -0.1) is 0 Å². The molecule has 0 bridgehead atoms. The Hall–Kier alpha value is -4.27. The number of aliphatic hydroxyl groups is 1. The number of aromatic nitrogens is 1. The normalized spacial score (nSPS) is 15.5. The van der Waals surface area contributed by atoms with E-state index >= 15 is 0 Å². The fourth-order valence-corrected chi connectivity index (χ4v) is 7.01. The molecule has 1 aliphatic rings. The molecule has 0 saturated heterocycles. The third-order valence-corrected chi connectivity index (χ3v) is 9.78. The van der Waals surface area contributed by atoms with Crippen LogP contribution in [0.25, 0.3) is 11.1 Å².